The zero-order valence-electron chi connectivity index (χ0n) is 8.75. The van der Waals surface area contributed by atoms with Crippen LogP contribution in [0.25, 0.3) is 0 Å². The van der Waals surface area contributed by atoms with Crippen molar-refractivity contribution in [2.45, 2.75) is 37.6 Å². The van der Waals surface area contributed by atoms with E-state index in [1.54, 1.807) is 0 Å². The Kier molecular flexibility index (Phi) is 2.56. The van der Waals surface area contributed by atoms with Gasteiger partial charge in [0.25, 0.3) is 0 Å². The number of piperidine rings is 1. The van der Waals surface area contributed by atoms with E-state index in [4.69, 9.17) is 0 Å². The lowest BCUT2D eigenvalue weighted by molar-refractivity contribution is 0.335. The summed E-state index contributed by atoms with van der Waals surface area (Å²) in [5, 5.41) is 7.95. The van der Waals surface area contributed by atoms with E-state index in [9.17, 15) is 0 Å². The fourth-order valence-corrected chi connectivity index (χ4v) is 3.03. The van der Waals surface area contributed by atoms with Gasteiger partial charge in [-0.15, -0.1) is 0 Å². The van der Waals surface area contributed by atoms with Gasteiger partial charge < -0.3 is 5.32 Å². The van der Waals surface area contributed by atoms with Gasteiger partial charge in [-0.2, -0.15) is 5.10 Å². The molecule has 0 spiro atoms. The first-order valence-corrected chi connectivity index (χ1v) is 6.59. The number of hydrogen-bond acceptors (Lipinski definition) is 2. The van der Waals surface area contributed by atoms with Crippen molar-refractivity contribution >= 4 is 15.9 Å². The van der Waals surface area contributed by atoms with E-state index in [0.717, 1.165) is 19.0 Å². The molecular formula is C11H16BrN3. The van der Waals surface area contributed by atoms with Crippen molar-refractivity contribution in [2.24, 2.45) is 0 Å². The van der Waals surface area contributed by atoms with Crippen molar-refractivity contribution in [3.05, 3.63) is 16.4 Å². The molecule has 1 aliphatic carbocycles. The Balaban J connectivity index is 1.89. The van der Waals surface area contributed by atoms with Gasteiger partial charge in [-0.1, -0.05) is 0 Å². The van der Waals surface area contributed by atoms with E-state index in [0.29, 0.717) is 6.04 Å². The summed E-state index contributed by atoms with van der Waals surface area (Å²) < 4.78 is 3.49. The maximum atomic E-state index is 4.54. The smallest absolute Gasteiger partial charge is 0.0635 e. The first kappa shape index (κ1) is 9.85. The van der Waals surface area contributed by atoms with E-state index >= 15 is 0 Å². The highest BCUT2D eigenvalue weighted by Gasteiger charge is 2.31. The highest BCUT2D eigenvalue weighted by Crippen LogP contribution is 2.44. The van der Waals surface area contributed by atoms with Crippen molar-refractivity contribution in [2.75, 3.05) is 13.1 Å². The molecule has 1 aromatic heterocycles. The summed E-state index contributed by atoms with van der Waals surface area (Å²) in [6.07, 6.45) is 7.09. The van der Waals surface area contributed by atoms with Crippen LogP contribution in [0.4, 0.5) is 0 Å². The fraction of sp³-hybridized carbons (Fsp3) is 0.727. The van der Waals surface area contributed by atoms with Crippen LogP contribution in [0.2, 0.25) is 0 Å². The summed E-state index contributed by atoms with van der Waals surface area (Å²) in [7, 11) is 0. The number of aromatic nitrogens is 2. The summed E-state index contributed by atoms with van der Waals surface area (Å²) >= 11 is 3.63. The molecule has 15 heavy (non-hydrogen) atoms. The third kappa shape index (κ3) is 1.85. The second-order valence-corrected chi connectivity index (χ2v) is 5.43. The van der Waals surface area contributed by atoms with Gasteiger partial charge in [0.05, 0.1) is 22.4 Å². The third-order valence-electron chi connectivity index (χ3n) is 3.41. The zero-order valence-corrected chi connectivity index (χ0v) is 10.3. The Hall–Kier alpha value is -0.350. The van der Waals surface area contributed by atoms with E-state index in [-0.39, 0.29) is 0 Å². The molecule has 0 amide bonds. The summed E-state index contributed by atoms with van der Waals surface area (Å²) in [6.45, 7) is 2.26. The molecule has 3 nitrogen and oxygen atoms in total. The number of halogens is 1. The van der Waals surface area contributed by atoms with Gasteiger partial charge in [0, 0.05) is 5.92 Å². The maximum Gasteiger partial charge on any atom is 0.0635 e. The first-order valence-electron chi connectivity index (χ1n) is 5.80. The lowest BCUT2D eigenvalue weighted by Crippen LogP contribution is -2.30. The molecule has 0 atom stereocenters. The fourth-order valence-electron chi connectivity index (χ4n) is 2.43. The van der Waals surface area contributed by atoms with Crippen molar-refractivity contribution in [3.63, 3.8) is 0 Å². The Bertz CT molecular complexity index is 351. The van der Waals surface area contributed by atoms with E-state index in [2.05, 4.69) is 31.0 Å². The minimum Gasteiger partial charge on any atom is -0.317 e. The van der Waals surface area contributed by atoms with Crippen LogP contribution in [0.1, 0.15) is 43.3 Å². The van der Waals surface area contributed by atoms with Crippen molar-refractivity contribution in [1.82, 2.24) is 15.1 Å². The lowest BCUT2D eigenvalue weighted by Gasteiger charge is -2.24. The van der Waals surface area contributed by atoms with Crippen molar-refractivity contribution in [1.29, 1.82) is 0 Å². The molecule has 1 aliphatic heterocycles. The highest BCUT2D eigenvalue weighted by atomic mass is 79.9. The largest absolute Gasteiger partial charge is 0.317 e. The molecule has 0 aromatic carbocycles. The van der Waals surface area contributed by atoms with Crippen LogP contribution in [0, 0.1) is 0 Å². The Morgan fingerprint density at radius 1 is 1.27 bits per heavy atom. The average Bonchev–Trinajstić information content (AvgIpc) is 3.03. The van der Waals surface area contributed by atoms with Crippen LogP contribution in [0.5, 0.6) is 0 Å². The van der Waals surface area contributed by atoms with Crippen LogP contribution < -0.4 is 5.32 Å². The van der Waals surface area contributed by atoms with Gasteiger partial charge in [0.2, 0.25) is 0 Å². The monoisotopic (exact) mass is 269 g/mol. The minimum absolute atomic E-state index is 0.619. The van der Waals surface area contributed by atoms with Gasteiger partial charge in [0.15, 0.2) is 0 Å². The Labute approximate surface area is 98.4 Å². The number of nitrogens with zero attached hydrogens (tertiary/aromatic N) is 2. The Morgan fingerprint density at radius 2 is 2.00 bits per heavy atom. The molecule has 2 heterocycles. The molecule has 82 valence electrons. The predicted molar refractivity (Wildman–Crippen MR) is 63.0 cm³/mol. The van der Waals surface area contributed by atoms with Crippen LogP contribution >= 0.6 is 15.9 Å². The molecule has 4 heteroatoms. The van der Waals surface area contributed by atoms with E-state index in [1.807, 2.05) is 6.20 Å². The van der Waals surface area contributed by atoms with Gasteiger partial charge >= 0.3 is 0 Å². The molecule has 0 radical (unpaired) electrons. The van der Waals surface area contributed by atoms with Crippen molar-refractivity contribution in [3.8, 4) is 0 Å². The Morgan fingerprint density at radius 3 is 2.67 bits per heavy atom. The third-order valence-corrected chi connectivity index (χ3v) is 4.02. The van der Waals surface area contributed by atoms with E-state index in [1.165, 1.54) is 35.8 Å². The summed E-state index contributed by atoms with van der Waals surface area (Å²) in [4.78, 5) is 0. The summed E-state index contributed by atoms with van der Waals surface area (Å²) in [5.74, 6) is 0.775. The molecule has 2 aliphatic rings. The predicted octanol–water partition coefficient (Wildman–Crippen LogP) is 2.45. The van der Waals surface area contributed by atoms with Gasteiger partial charge in [-0.05, 0) is 54.7 Å². The average molecular weight is 270 g/mol. The minimum atomic E-state index is 0.619. The molecule has 3 rings (SSSR count). The molecule has 1 N–H and O–H groups in total. The van der Waals surface area contributed by atoms with Crippen molar-refractivity contribution < 1.29 is 0 Å². The SMILES string of the molecule is Brc1cnn(C2CCNCC2)c1C1CC1. The molecular weight excluding hydrogens is 254 g/mol. The van der Waals surface area contributed by atoms with Gasteiger partial charge in [0.1, 0.15) is 0 Å². The molecule has 0 unspecified atom stereocenters. The normalized spacial score (nSPS) is 23.3. The molecule has 2 fully saturated rings. The summed E-state index contributed by atoms with van der Waals surface area (Å²) in [6, 6.07) is 0.619. The van der Waals surface area contributed by atoms with Crippen LogP contribution in [0.3, 0.4) is 0 Å². The number of nitrogens with one attached hydrogen (secondary N) is 1. The molecule has 0 bridgehead atoms. The highest BCUT2D eigenvalue weighted by molar-refractivity contribution is 9.10. The van der Waals surface area contributed by atoms with Crippen LogP contribution in [-0.2, 0) is 0 Å². The molecule has 1 saturated heterocycles. The van der Waals surface area contributed by atoms with Crippen LogP contribution in [0.15, 0.2) is 10.7 Å². The quantitative estimate of drug-likeness (QED) is 0.894. The van der Waals surface area contributed by atoms with Crippen LogP contribution in [-0.4, -0.2) is 22.9 Å². The zero-order chi connectivity index (χ0) is 10.3. The molecule has 1 saturated carbocycles. The molecule has 1 aromatic rings. The van der Waals surface area contributed by atoms with Gasteiger partial charge in [-0.3, -0.25) is 4.68 Å². The number of rotatable bonds is 2. The van der Waals surface area contributed by atoms with Gasteiger partial charge in [-0.25, -0.2) is 0 Å². The summed E-state index contributed by atoms with van der Waals surface area (Å²) in [5.41, 5.74) is 1.45. The topological polar surface area (TPSA) is 29.9 Å². The second-order valence-electron chi connectivity index (χ2n) is 4.58. The second kappa shape index (κ2) is 3.91. The number of hydrogen-bond donors (Lipinski definition) is 1. The van der Waals surface area contributed by atoms with E-state index < -0.39 is 0 Å². The maximum absolute atomic E-state index is 4.54. The standard InChI is InChI=1S/C11H16BrN3/c12-10-7-14-15(11(10)8-1-2-8)9-3-5-13-6-4-9/h7-9,13H,1-6H2. The first-order chi connectivity index (χ1) is 7.36. The lowest BCUT2D eigenvalue weighted by atomic mass is 10.1.